The Balaban J connectivity index is 2.10. The van der Waals surface area contributed by atoms with Crippen molar-refractivity contribution in [2.45, 2.75) is 38.0 Å². The molecule has 1 aromatic rings. The molecule has 1 aromatic carbocycles. The molecule has 0 amide bonds. The highest BCUT2D eigenvalue weighted by Crippen LogP contribution is 2.25. The number of hydrogen-bond donors (Lipinski definition) is 1. The van der Waals surface area contributed by atoms with Crippen molar-refractivity contribution in [3.8, 4) is 0 Å². The molecule has 0 saturated carbocycles. The molecule has 0 bridgehead atoms. The standard InChI is InChI=1S/C15H23FN2O/c1-11(17)15(12-5-3-6-13(16)9-12)18(2)10-14-7-4-8-19-14/h3,5-6,9,11,14-15H,4,7-8,10,17H2,1-2H3. The van der Waals surface area contributed by atoms with E-state index in [9.17, 15) is 4.39 Å². The maximum absolute atomic E-state index is 13.4. The SMILES string of the molecule is CC(N)C(c1cccc(F)c1)N(C)CC1CCCO1. The van der Waals surface area contributed by atoms with Gasteiger partial charge in [0, 0.05) is 25.2 Å². The molecule has 19 heavy (non-hydrogen) atoms. The number of likely N-dealkylation sites (N-methyl/N-ethyl adjacent to an activating group) is 1. The van der Waals surface area contributed by atoms with Gasteiger partial charge in [-0.15, -0.1) is 0 Å². The molecule has 0 aliphatic carbocycles. The Morgan fingerprint density at radius 2 is 2.32 bits per heavy atom. The number of nitrogens with zero attached hydrogens (tertiary/aromatic N) is 1. The lowest BCUT2D eigenvalue weighted by Gasteiger charge is -2.33. The highest BCUT2D eigenvalue weighted by Gasteiger charge is 2.25. The molecule has 0 spiro atoms. The van der Waals surface area contributed by atoms with Gasteiger partial charge in [0.2, 0.25) is 0 Å². The first-order valence-electron chi connectivity index (χ1n) is 6.91. The fourth-order valence-electron chi connectivity index (χ4n) is 2.87. The fraction of sp³-hybridized carbons (Fsp3) is 0.600. The van der Waals surface area contributed by atoms with E-state index in [2.05, 4.69) is 4.90 Å². The van der Waals surface area contributed by atoms with Gasteiger partial charge in [-0.25, -0.2) is 4.39 Å². The lowest BCUT2D eigenvalue weighted by molar-refractivity contribution is 0.0642. The highest BCUT2D eigenvalue weighted by molar-refractivity contribution is 5.21. The van der Waals surface area contributed by atoms with E-state index in [0.29, 0.717) is 0 Å². The van der Waals surface area contributed by atoms with E-state index in [1.807, 2.05) is 20.0 Å². The van der Waals surface area contributed by atoms with Crippen LogP contribution in [-0.4, -0.2) is 37.2 Å². The number of benzene rings is 1. The molecular formula is C15H23FN2O. The van der Waals surface area contributed by atoms with Gasteiger partial charge in [-0.3, -0.25) is 4.90 Å². The summed E-state index contributed by atoms with van der Waals surface area (Å²) in [6.45, 7) is 3.64. The number of ether oxygens (including phenoxy) is 1. The lowest BCUT2D eigenvalue weighted by atomic mass is 9.99. The molecule has 1 aliphatic rings. The number of rotatable bonds is 5. The van der Waals surface area contributed by atoms with Crippen LogP contribution >= 0.6 is 0 Å². The summed E-state index contributed by atoms with van der Waals surface area (Å²) in [6.07, 6.45) is 2.50. The minimum absolute atomic E-state index is 0.0138. The van der Waals surface area contributed by atoms with Crippen molar-refractivity contribution in [1.29, 1.82) is 0 Å². The summed E-state index contributed by atoms with van der Waals surface area (Å²) in [7, 11) is 2.03. The van der Waals surface area contributed by atoms with Gasteiger partial charge in [-0.05, 0) is 44.5 Å². The maximum atomic E-state index is 13.4. The Morgan fingerprint density at radius 3 is 2.89 bits per heavy atom. The summed E-state index contributed by atoms with van der Waals surface area (Å²) in [5.41, 5.74) is 7.02. The van der Waals surface area contributed by atoms with Gasteiger partial charge in [0.1, 0.15) is 5.82 Å². The second kappa shape index (κ2) is 6.46. The highest BCUT2D eigenvalue weighted by atomic mass is 19.1. The first-order chi connectivity index (χ1) is 9.08. The van der Waals surface area contributed by atoms with Crippen LogP contribution < -0.4 is 5.73 Å². The molecule has 3 nitrogen and oxygen atoms in total. The molecule has 1 fully saturated rings. The molecule has 3 unspecified atom stereocenters. The van der Waals surface area contributed by atoms with Crippen LogP contribution in [0.1, 0.15) is 31.4 Å². The molecule has 0 aromatic heterocycles. The third kappa shape index (κ3) is 3.75. The normalized spacial score (nSPS) is 22.7. The first-order valence-corrected chi connectivity index (χ1v) is 6.91. The second-order valence-electron chi connectivity index (χ2n) is 5.43. The van der Waals surface area contributed by atoms with E-state index < -0.39 is 0 Å². The van der Waals surface area contributed by atoms with E-state index in [4.69, 9.17) is 10.5 Å². The van der Waals surface area contributed by atoms with Gasteiger partial charge in [-0.1, -0.05) is 12.1 Å². The monoisotopic (exact) mass is 266 g/mol. The van der Waals surface area contributed by atoms with Gasteiger partial charge in [0.25, 0.3) is 0 Å². The zero-order chi connectivity index (χ0) is 13.8. The van der Waals surface area contributed by atoms with Crippen molar-refractivity contribution in [1.82, 2.24) is 4.90 Å². The summed E-state index contributed by atoms with van der Waals surface area (Å²) >= 11 is 0. The van der Waals surface area contributed by atoms with Gasteiger partial charge in [0.05, 0.1) is 6.10 Å². The van der Waals surface area contributed by atoms with Crippen molar-refractivity contribution < 1.29 is 9.13 Å². The molecule has 106 valence electrons. The summed E-state index contributed by atoms with van der Waals surface area (Å²) < 4.78 is 19.0. The van der Waals surface area contributed by atoms with Crippen molar-refractivity contribution >= 4 is 0 Å². The third-order valence-electron chi connectivity index (χ3n) is 3.68. The lowest BCUT2D eigenvalue weighted by Crippen LogP contribution is -2.40. The minimum Gasteiger partial charge on any atom is -0.377 e. The topological polar surface area (TPSA) is 38.5 Å². The Morgan fingerprint density at radius 1 is 1.53 bits per heavy atom. The van der Waals surface area contributed by atoms with E-state index in [0.717, 1.165) is 31.6 Å². The molecule has 1 aliphatic heterocycles. The summed E-state index contributed by atoms with van der Waals surface area (Å²) in [6, 6.07) is 6.65. The average molecular weight is 266 g/mol. The predicted molar refractivity (Wildman–Crippen MR) is 74.4 cm³/mol. The molecule has 1 heterocycles. The number of hydrogen-bond acceptors (Lipinski definition) is 3. The Labute approximate surface area is 114 Å². The molecule has 3 atom stereocenters. The summed E-state index contributed by atoms with van der Waals surface area (Å²) in [4.78, 5) is 2.18. The molecule has 1 saturated heterocycles. The largest absolute Gasteiger partial charge is 0.377 e. The molecule has 0 radical (unpaired) electrons. The summed E-state index contributed by atoms with van der Waals surface area (Å²) in [5, 5.41) is 0. The maximum Gasteiger partial charge on any atom is 0.123 e. The van der Waals surface area contributed by atoms with Crippen molar-refractivity contribution in [3.05, 3.63) is 35.6 Å². The Bertz CT molecular complexity index is 405. The van der Waals surface area contributed by atoms with Crippen LogP contribution in [0.15, 0.2) is 24.3 Å². The van der Waals surface area contributed by atoms with E-state index in [1.165, 1.54) is 6.07 Å². The third-order valence-corrected chi connectivity index (χ3v) is 3.68. The molecular weight excluding hydrogens is 243 g/mol. The fourth-order valence-corrected chi connectivity index (χ4v) is 2.87. The zero-order valence-electron chi connectivity index (χ0n) is 11.7. The van der Waals surface area contributed by atoms with Crippen LogP contribution in [0.25, 0.3) is 0 Å². The Hall–Kier alpha value is -0.970. The number of nitrogens with two attached hydrogens (primary N) is 1. The summed E-state index contributed by atoms with van der Waals surface area (Å²) in [5.74, 6) is -0.214. The van der Waals surface area contributed by atoms with E-state index in [1.54, 1.807) is 12.1 Å². The number of halogens is 1. The molecule has 4 heteroatoms. The van der Waals surface area contributed by atoms with Gasteiger partial charge >= 0.3 is 0 Å². The molecule has 2 rings (SSSR count). The van der Waals surface area contributed by atoms with Gasteiger partial charge in [0.15, 0.2) is 0 Å². The molecule has 2 N–H and O–H groups in total. The van der Waals surface area contributed by atoms with E-state index in [-0.39, 0.29) is 24.0 Å². The van der Waals surface area contributed by atoms with Crippen molar-refractivity contribution in [2.24, 2.45) is 5.73 Å². The van der Waals surface area contributed by atoms with Crippen LogP contribution in [0, 0.1) is 5.82 Å². The second-order valence-corrected chi connectivity index (χ2v) is 5.43. The van der Waals surface area contributed by atoms with Crippen LogP contribution in [-0.2, 0) is 4.74 Å². The van der Waals surface area contributed by atoms with Crippen LogP contribution in [0.3, 0.4) is 0 Å². The minimum atomic E-state index is -0.214. The van der Waals surface area contributed by atoms with Gasteiger partial charge in [-0.2, -0.15) is 0 Å². The van der Waals surface area contributed by atoms with Crippen LogP contribution in [0.4, 0.5) is 4.39 Å². The van der Waals surface area contributed by atoms with E-state index >= 15 is 0 Å². The van der Waals surface area contributed by atoms with Crippen molar-refractivity contribution in [2.75, 3.05) is 20.2 Å². The van der Waals surface area contributed by atoms with Crippen LogP contribution in [0.2, 0.25) is 0 Å². The smallest absolute Gasteiger partial charge is 0.123 e. The van der Waals surface area contributed by atoms with Gasteiger partial charge < -0.3 is 10.5 Å². The predicted octanol–water partition coefficient (Wildman–Crippen LogP) is 2.32. The van der Waals surface area contributed by atoms with Crippen molar-refractivity contribution in [3.63, 3.8) is 0 Å². The van der Waals surface area contributed by atoms with Crippen LogP contribution in [0.5, 0.6) is 0 Å². The average Bonchev–Trinajstić information content (AvgIpc) is 2.81. The zero-order valence-corrected chi connectivity index (χ0v) is 11.7. The Kier molecular flexibility index (Phi) is 4.91. The quantitative estimate of drug-likeness (QED) is 0.889. The first kappa shape index (κ1) is 14.4.